The number of rotatable bonds is 12. The molecule has 3 atom stereocenters. The quantitative estimate of drug-likeness (QED) is 0.180. The van der Waals surface area contributed by atoms with Crippen LogP contribution in [0.1, 0.15) is 106 Å². The van der Waals surface area contributed by atoms with Crippen molar-refractivity contribution in [3.8, 4) is 5.75 Å². The molecule has 1 spiro atoms. The molecule has 0 radical (unpaired) electrons. The maximum absolute atomic E-state index is 15.3. The summed E-state index contributed by atoms with van der Waals surface area (Å²) in [6.45, 7) is 3.68. The minimum Gasteiger partial charge on any atom is -0.495 e. The van der Waals surface area contributed by atoms with Gasteiger partial charge < -0.3 is 40.1 Å². The summed E-state index contributed by atoms with van der Waals surface area (Å²) in [6.07, 6.45) is 9.39. The molecule has 1 aromatic heterocycles. The molecule has 2 saturated carbocycles. The standard InChI is InChI=1S/C47H57F2N9O7/c1-4-35-44(64)55(2)36-22-50-45(53-40(36)58(35)29-7-5-6-8-29)51-34-11-9-27(19-37(34)65-3)41(61)54-47(15-18-59)24-46(25-47)14-17-57(26-46)43(63)28-13-16-56(23-28)30-20-32(48)39(33(49)21-30)31-10-12-38(60)52-42(31)62/h9,11,19-22,28-29,31,35,59H,4-8,10,12-18,23-26H2,1-3H3,(H,54,61)(H,50,51,53)(H,52,60,62)/t28-,31?,35+,46?,47?/m0/s1. The van der Waals surface area contributed by atoms with Gasteiger partial charge in [0.2, 0.25) is 29.6 Å². The number of nitrogens with zero attached hydrogens (tertiary/aromatic N) is 6. The van der Waals surface area contributed by atoms with Crippen molar-refractivity contribution in [2.45, 2.75) is 108 Å². The SMILES string of the molecule is CC[C@@H]1C(=O)N(C)c2cnc(Nc3ccc(C(=O)NC4(CCO)CC5(CCN(C(=O)[C@H]6CCN(c7cc(F)c(C8CCC(=O)NC8=O)c(F)c7)C6)C5)C4)cc3OC)nc2N1C1CCCC1. The Labute approximate surface area is 376 Å². The normalized spacial score (nSPS) is 26.7. The molecule has 5 amide bonds. The Morgan fingerprint density at radius 1 is 1.03 bits per heavy atom. The third kappa shape index (κ3) is 8.22. The van der Waals surface area contributed by atoms with Gasteiger partial charge in [-0.2, -0.15) is 4.98 Å². The van der Waals surface area contributed by atoms with Gasteiger partial charge in [-0.25, -0.2) is 13.8 Å². The monoisotopic (exact) mass is 897 g/mol. The maximum Gasteiger partial charge on any atom is 0.251 e. The summed E-state index contributed by atoms with van der Waals surface area (Å²) in [5.41, 5.74) is 0.643. The molecule has 5 fully saturated rings. The van der Waals surface area contributed by atoms with E-state index >= 15 is 8.78 Å². The first kappa shape index (κ1) is 44.3. The summed E-state index contributed by atoms with van der Waals surface area (Å²) >= 11 is 0. The number of hydrogen-bond acceptors (Lipinski definition) is 12. The number of hydrogen-bond donors (Lipinski definition) is 4. The van der Waals surface area contributed by atoms with Crippen molar-refractivity contribution >= 4 is 58.4 Å². The molecule has 3 saturated heterocycles. The number of amides is 5. The Morgan fingerprint density at radius 2 is 1.78 bits per heavy atom. The number of carbonyl (C=O) groups is 5. The average Bonchev–Trinajstić information content (AvgIpc) is 4.08. The molecular weight excluding hydrogens is 841 g/mol. The minimum atomic E-state index is -1.09. The Morgan fingerprint density at radius 3 is 2.48 bits per heavy atom. The highest BCUT2D eigenvalue weighted by Gasteiger charge is 2.58. The largest absolute Gasteiger partial charge is 0.495 e. The van der Waals surface area contributed by atoms with Crippen LogP contribution in [-0.4, -0.2) is 114 Å². The number of fused-ring (bicyclic) bond motifs is 1. The summed E-state index contributed by atoms with van der Waals surface area (Å²) in [4.78, 5) is 82.0. The topological polar surface area (TPSA) is 190 Å². The molecule has 6 aliphatic rings. The number of anilines is 5. The molecule has 4 N–H and O–H groups in total. The first-order valence-electron chi connectivity index (χ1n) is 22.9. The highest BCUT2D eigenvalue weighted by molar-refractivity contribution is 6.04. The lowest BCUT2D eigenvalue weighted by molar-refractivity contribution is -0.135. The van der Waals surface area contributed by atoms with E-state index in [2.05, 4.69) is 25.8 Å². The molecule has 2 aliphatic carbocycles. The minimum absolute atomic E-state index is 0.00311. The highest BCUT2D eigenvalue weighted by Crippen LogP contribution is 2.56. The number of methoxy groups -OCH3 is 1. The molecule has 4 aliphatic heterocycles. The number of aliphatic hydroxyl groups is 1. The number of piperidine rings is 1. The molecule has 65 heavy (non-hydrogen) atoms. The first-order valence-corrected chi connectivity index (χ1v) is 22.9. The number of benzene rings is 2. The molecule has 16 nitrogen and oxygen atoms in total. The van der Waals surface area contributed by atoms with Crippen molar-refractivity contribution in [3.05, 3.63) is 59.3 Å². The van der Waals surface area contributed by atoms with Crippen LogP contribution in [0.5, 0.6) is 5.75 Å². The van der Waals surface area contributed by atoms with Gasteiger partial charge in [0.05, 0.1) is 30.8 Å². The smallest absolute Gasteiger partial charge is 0.251 e. The van der Waals surface area contributed by atoms with Crippen LogP contribution < -0.4 is 35.4 Å². The third-order valence-corrected chi connectivity index (χ3v) is 14.8. The lowest BCUT2D eigenvalue weighted by Gasteiger charge is -2.55. The van der Waals surface area contributed by atoms with Gasteiger partial charge in [0.1, 0.15) is 29.1 Å². The van der Waals surface area contributed by atoms with E-state index in [9.17, 15) is 29.1 Å². The fourth-order valence-corrected chi connectivity index (χ4v) is 11.7. The van der Waals surface area contributed by atoms with Crippen LogP contribution in [0.4, 0.5) is 37.6 Å². The number of aliphatic hydroxyl groups excluding tert-OH is 1. The lowest BCUT2D eigenvalue weighted by atomic mass is 9.55. The zero-order chi connectivity index (χ0) is 45.8. The van der Waals surface area contributed by atoms with Crippen molar-refractivity contribution in [1.29, 1.82) is 0 Å². The number of nitrogens with one attached hydrogen (secondary N) is 3. The first-order chi connectivity index (χ1) is 31.2. The number of imide groups is 1. The van der Waals surface area contributed by atoms with Crippen LogP contribution in [0, 0.1) is 23.0 Å². The fraction of sp³-hybridized carbons (Fsp3) is 0.553. The highest BCUT2D eigenvalue weighted by atomic mass is 19.1. The number of likely N-dealkylation sites (tertiary alicyclic amines) is 1. The van der Waals surface area contributed by atoms with Gasteiger partial charge in [0, 0.05) is 74.6 Å². The molecular formula is C47H57F2N9O7. The van der Waals surface area contributed by atoms with E-state index in [1.165, 1.54) is 19.2 Å². The van der Waals surface area contributed by atoms with Gasteiger partial charge in [-0.1, -0.05) is 19.8 Å². The molecule has 9 rings (SSSR count). The van der Waals surface area contributed by atoms with Crippen molar-refractivity contribution in [1.82, 2.24) is 25.5 Å². The van der Waals surface area contributed by atoms with Gasteiger partial charge >= 0.3 is 0 Å². The molecule has 0 bridgehead atoms. The molecule has 1 unspecified atom stereocenters. The fourth-order valence-electron chi connectivity index (χ4n) is 11.7. The number of ether oxygens (including phenoxy) is 1. The summed E-state index contributed by atoms with van der Waals surface area (Å²) < 4.78 is 36.4. The number of likely N-dealkylation sites (N-methyl/N-ethyl adjacent to an activating group) is 1. The van der Waals surface area contributed by atoms with Gasteiger partial charge in [-0.3, -0.25) is 29.3 Å². The summed E-state index contributed by atoms with van der Waals surface area (Å²) in [6, 6.07) is 7.40. The van der Waals surface area contributed by atoms with E-state index in [4.69, 9.17) is 9.72 Å². The van der Waals surface area contributed by atoms with Crippen LogP contribution >= 0.6 is 0 Å². The molecule has 18 heteroatoms. The second-order valence-electron chi connectivity index (χ2n) is 18.9. The molecule has 3 aromatic rings. The van der Waals surface area contributed by atoms with Crippen molar-refractivity contribution in [2.75, 3.05) is 67.0 Å². The predicted octanol–water partition coefficient (Wildman–Crippen LogP) is 4.92. The average molecular weight is 898 g/mol. The number of halogens is 2. The van der Waals surface area contributed by atoms with Gasteiger partial charge in [0.25, 0.3) is 5.91 Å². The van der Waals surface area contributed by atoms with E-state index in [1.54, 1.807) is 41.2 Å². The van der Waals surface area contributed by atoms with Crippen LogP contribution in [-0.2, 0) is 19.2 Å². The van der Waals surface area contributed by atoms with Crippen LogP contribution in [0.15, 0.2) is 36.5 Å². The van der Waals surface area contributed by atoms with Crippen LogP contribution in [0.25, 0.3) is 0 Å². The third-order valence-electron chi connectivity index (χ3n) is 14.8. The van der Waals surface area contributed by atoms with Gasteiger partial charge in [-0.15, -0.1) is 0 Å². The van der Waals surface area contributed by atoms with Crippen molar-refractivity contribution < 1.29 is 42.6 Å². The Kier molecular flexibility index (Phi) is 11.9. The summed E-state index contributed by atoms with van der Waals surface area (Å²) in [5.74, 6) is -3.20. The zero-order valence-electron chi connectivity index (χ0n) is 37.1. The van der Waals surface area contributed by atoms with E-state index < -0.39 is 34.9 Å². The molecule has 5 heterocycles. The van der Waals surface area contributed by atoms with Crippen LogP contribution in [0.3, 0.4) is 0 Å². The number of carbonyl (C=O) groups excluding carboxylic acids is 5. The lowest BCUT2D eigenvalue weighted by Crippen LogP contribution is -2.63. The van der Waals surface area contributed by atoms with Gasteiger partial charge in [-0.05, 0) is 93.5 Å². The number of aromatic nitrogens is 2. The summed E-state index contributed by atoms with van der Waals surface area (Å²) in [7, 11) is 3.28. The molecule has 2 aromatic carbocycles. The Bertz CT molecular complexity index is 2380. The van der Waals surface area contributed by atoms with E-state index in [0.29, 0.717) is 98.4 Å². The van der Waals surface area contributed by atoms with E-state index in [-0.39, 0.29) is 66.2 Å². The van der Waals surface area contributed by atoms with Crippen molar-refractivity contribution in [3.63, 3.8) is 0 Å². The predicted molar refractivity (Wildman–Crippen MR) is 237 cm³/mol. The van der Waals surface area contributed by atoms with Crippen LogP contribution in [0.2, 0.25) is 0 Å². The summed E-state index contributed by atoms with van der Waals surface area (Å²) in [5, 5.41) is 18.8. The Hall–Kier alpha value is -5.91. The van der Waals surface area contributed by atoms with E-state index in [1.807, 2.05) is 11.8 Å². The maximum atomic E-state index is 15.3. The second-order valence-corrected chi connectivity index (χ2v) is 18.9. The van der Waals surface area contributed by atoms with Gasteiger partial charge in [0.15, 0.2) is 5.82 Å². The zero-order valence-corrected chi connectivity index (χ0v) is 37.1. The molecule has 346 valence electrons. The van der Waals surface area contributed by atoms with E-state index in [0.717, 1.165) is 32.1 Å². The Balaban J connectivity index is 0.823. The second kappa shape index (κ2) is 17.5. The van der Waals surface area contributed by atoms with Crippen molar-refractivity contribution in [2.24, 2.45) is 11.3 Å².